The molecule has 0 fully saturated rings. The van der Waals surface area contributed by atoms with E-state index in [2.05, 4.69) is 12.2 Å². The van der Waals surface area contributed by atoms with Gasteiger partial charge in [-0.15, -0.1) is 0 Å². The van der Waals surface area contributed by atoms with Gasteiger partial charge in [0.25, 0.3) is 0 Å². The topological polar surface area (TPSA) is 12.0 Å². The van der Waals surface area contributed by atoms with E-state index < -0.39 is 0 Å². The van der Waals surface area contributed by atoms with Crippen LogP contribution in [-0.4, -0.2) is 6.54 Å². The first-order valence-corrected chi connectivity index (χ1v) is 7.32. The lowest BCUT2D eigenvalue weighted by Crippen LogP contribution is -2.14. The van der Waals surface area contributed by atoms with Crippen molar-refractivity contribution in [2.45, 2.75) is 19.9 Å². The average molecular weight is 312 g/mol. The molecule has 0 heterocycles. The van der Waals surface area contributed by atoms with Gasteiger partial charge in [0.05, 0.1) is 0 Å². The molecule has 0 aromatic heterocycles. The fourth-order valence-corrected chi connectivity index (χ4v) is 2.34. The highest BCUT2D eigenvalue weighted by Gasteiger charge is 2.08. The molecule has 2 rings (SSSR count). The van der Waals surface area contributed by atoms with Gasteiger partial charge in [0.1, 0.15) is 5.82 Å². The van der Waals surface area contributed by atoms with Gasteiger partial charge < -0.3 is 5.32 Å². The quantitative estimate of drug-likeness (QED) is 0.739. The molecule has 2 aromatic rings. The molecule has 0 aliphatic rings. The number of halogens is 3. The second-order valence-electron chi connectivity index (χ2n) is 4.61. The summed E-state index contributed by atoms with van der Waals surface area (Å²) >= 11 is 11.9. The van der Waals surface area contributed by atoms with Crippen LogP contribution < -0.4 is 5.32 Å². The molecule has 0 radical (unpaired) electrons. The maximum atomic E-state index is 13.9. The molecule has 20 heavy (non-hydrogen) atoms. The molecule has 1 N–H and O–H groups in total. The predicted molar refractivity (Wildman–Crippen MR) is 83.9 cm³/mol. The van der Waals surface area contributed by atoms with Crippen LogP contribution in [0.1, 0.15) is 18.9 Å². The minimum absolute atomic E-state index is 0.327. The van der Waals surface area contributed by atoms with Crippen molar-refractivity contribution in [3.63, 3.8) is 0 Å². The van der Waals surface area contributed by atoms with Crippen molar-refractivity contribution in [3.05, 3.63) is 57.8 Å². The molecular formula is C16H16Cl2FN. The molecule has 0 saturated carbocycles. The van der Waals surface area contributed by atoms with Crippen LogP contribution in [0, 0.1) is 5.82 Å². The number of hydrogen-bond acceptors (Lipinski definition) is 1. The zero-order valence-electron chi connectivity index (χ0n) is 11.2. The van der Waals surface area contributed by atoms with Crippen LogP contribution in [0.5, 0.6) is 0 Å². The van der Waals surface area contributed by atoms with E-state index in [0.717, 1.165) is 24.1 Å². The standard InChI is InChI=1S/C16H16Cl2FN/c1-2-7-20-10-12-8-11(3-6-15(12)18)14-5-4-13(17)9-16(14)19/h3-6,8-9,20H,2,7,10H2,1H3. The van der Waals surface area contributed by atoms with Crippen molar-refractivity contribution in [1.82, 2.24) is 5.32 Å². The molecule has 0 amide bonds. The Morgan fingerprint density at radius 1 is 1.10 bits per heavy atom. The highest BCUT2D eigenvalue weighted by Crippen LogP contribution is 2.28. The zero-order valence-corrected chi connectivity index (χ0v) is 12.7. The van der Waals surface area contributed by atoms with Gasteiger partial charge in [-0.3, -0.25) is 0 Å². The van der Waals surface area contributed by atoms with Gasteiger partial charge in [-0.25, -0.2) is 4.39 Å². The average Bonchev–Trinajstić information content (AvgIpc) is 2.41. The van der Waals surface area contributed by atoms with Gasteiger partial charge in [0.15, 0.2) is 0 Å². The van der Waals surface area contributed by atoms with Gasteiger partial charge in [-0.05, 0) is 54.4 Å². The summed E-state index contributed by atoms with van der Waals surface area (Å²) in [6, 6.07) is 10.2. The van der Waals surface area contributed by atoms with Gasteiger partial charge >= 0.3 is 0 Å². The summed E-state index contributed by atoms with van der Waals surface area (Å²) in [7, 11) is 0. The predicted octanol–water partition coefficient (Wildman–Crippen LogP) is 5.30. The largest absolute Gasteiger partial charge is 0.313 e. The first kappa shape index (κ1) is 15.3. The van der Waals surface area contributed by atoms with Crippen molar-refractivity contribution in [2.75, 3.05) is 6.54 Å². The Balaban J connectivity index is 2.30. The van der Waals surface area contributed by atoms with Crippen LogP contribution in [-0.2, 0) is 6.54 Å². The van der Waals surface area contributed by atoms with Gasteiger partial charge in [0, 0.05) is 22.2 Å². The van der Waals surface area contributed by atoms with E-state index in [-0.39, 0.29) is 5.82 Å². The maximum Gasteiger partial charge on any atom is 0.132 e. The third-order valence-electron chi connectivity index (χ3n) is 3.03. The molecular weight excluding hydrogens is 296 g/mol. The van der Waals surface area contributed by atoms with Crippen molar-refractivity contribution in [2.24, 2.45) is 0 Å². The molecule has 4 heteroatoms. The first-order valence-electron chi connectivity index (χ1n) is 6.56. The van der Waals surface area contributed by atoms with Crippen LogP contribution in [0.15, 0.2) is 36.4 Å². The van der Waals surface area contributed by atoms with Crippen LogP contribution in [0.3, 0.4) is 0 Å². The Morgan fingerprint density at radius 2 is 1.90 bits per heavy atom. The lowest BCUT2D eigenvalue weighted by Gasteiger charge is -2.10. The van der Waals surface area contributed by atoms with Crippen molar-refractivity contribution in [3.8, 4) is 11.1 Å². The fraction of sp³-hybridized carbons (Fsp3) is 0.250. The monoisotopic (exact) mass is 311 g/mol. The normalized spacial score (nSPS) is 10.8. The zero-order chi connectivity index (χ0) is 14.5. The molecule has 0 aliphatic carbocycles. The van der Waals surface area contributed by atoms with Crippen LogP contribution >= 0.6 is 23.2 Å². The molecule has 0 aliphatic heterocycles. The summed E-state index contributed by atoms with van der Waals surface area (Å²) in [4.78, 5) is 0. The Hall–Kier alpha value is -1.09. The number of hydrogen-bond donors (Lipinski definition) is 1. The fourth-order valence-electron chi connectivity index (χ4n) is 2.00. The Labute approximate surface area is 128 Å². The molecule has 0 atom stereocenters. The Morgan fingerprint density at radius 3 is 2.60 bits per heavy atom. The molecule has 0 unspecified atom stereocenters. The van der Waals surface area contributed by atoms with Crippen LogP contribution in [0.2, 0.25) is 10.0 Å². The minimum atomic E-state index is -0.327. The van der Waals surface area contributed by atoms with Gasteiger partial charge in [-0.1, -0.05) is 36.2 Å². The van der Waals surface area contributed by atoms with Crippen molar-refractivity contribution in [1.29, 1.82) is 0 Å². The Kier molecular flexibility index (Phi) is 5.41. The molecule has 106 valence electrons. The summed E-state index contributed by atoms with van der Waals surface area (Å²) in [5.74, 6) is -0.327. The number of rotatable bonds is 5. The smallest absolute Gasteiger partial charge is 0.132 e. The second-order valence-corrected chi connectivity index (χ2v) is 5.45. The minimum Gasteiger partial charge on any atom is -0.313 e. The van der Waals surface area contributed by atoms with E-state index in [1.54, 1.807) is 18.2 Å². The summed E-state index contributed by atoms with van der Waals surface area (Å²) in [6.07, 6.45) is 1.06. The Bertz CT molecular complexity index is 599. The molecule has 0 bridgehead atoms. The number of benzene rings is 2. The van der Waals surface area contributed by atoms with E-state index in [0.29, 0.717) is 22.2 Å². The SMILES string of the molecule is CCCNCc1cc(-c2ccc(Cl)cc2F)ccc1Cl. The highest BCUT2D eigenvalue weighted by molar-refractivity contribution is 6.31. The summed E-state index contributed by atoms with van der Waals surface area (Å²) in [5.41, 5.74) is 2.30. The highest BCUT2D eigenvalue weighted by atomic mass is 35.5. The van der Waals surface area contributed by atoms with E-state index in [1.165, 1.54) is 6.07 Å². The van der Waals surface area contributed by atoms with Gasteiger partial charge in [-0.2, -0.15) is 0 Å². The molecule has 0 spiro atoms. The van der Waals surface area contributed by atoms with Crippen molar-refractivity contribution >= 4 is 23.2 Å². The number of nitrogens with one attached hydrogen (secondary N) is 1. The van der Waals surface area contributed by atoms with Gasteiger partial charge in [0.2, 0.25) is 0 Å². The lowest BCUT2D eigenvalue weighted by atomic mass is 10.0. The van der Waals surface area contributed by atoms with E-state index >= 15 is 0 Å². The molecule has 0 saturated heterocycles. The third-order valence-corrected chi connectivity index (χ3v) is 3.63. The van der Waals surface area contributed by atoms with E-state index in [9.17, 15) is 4.39 Å². The maximum absolute atomic E-state index is 13.9. The van der Waals surface area contributed by atoms with Crippen molar-refractivity contribution < 1.29 is 4.39 Å². The lowest BCUT2D eigenvalue weighted by molar-refractivity contribution is 0.631. The molecule has 2 aromatic carbocycles. The second kappa shape index (κ2) is 7.07. The molecule has 1 nitrogen and oxygen atoms in total. The first-order chi connectivity index (χ1) is 9.61. The van der Waals surface area contributed by atoms with Crippen LogP contribution in [0.25, 0.3) is 11.1 Å². The summed E-state index contributed by atoms with van der Waals surface area (Å²) in [6.45, 7) is 3.71. The third kappa shape index (κ3) is 3.72. The van der Waals surface area contributed by atoms with E-state index in [4.69, 9.17) is 23.2 Å². The summed E-state index contributed by atoms with van der Waals surface area (Å²) in [5, 5.41) is 4.38. The van der Waals surface area contributed by atoms with E-state index in [1.807, 2.05) is 12.1 Å². The van der Waals surface area contributed by atoms with Crippen LogP contribution in [0.4, 0.5) is 4.39 Å². The summed E-state index contributed by atoms with van der Waals surface area (Å²) < 4.78 is 13.9.